The maximum atomic E-state index is 10.4. The minimum atomic E-state index is -0.0884. The van der Waals surface area contributed by atoms with E-state index in [9.17, 15) is 10.2 Å². The van der Waals surface area contributed by atoms with Gasteiger partial charge in [0, 0.05) is 0 Å². The molecule has 4 rings (SSSR count). The average molecular weight is 501 g/mol. The fraction of sp³-hybridized carbons (Fsp3) is 0.0370. The van der Waals surface area contributed by atoms with Gasteiger partial charge in [0.25, 0.3) is 0 Å². The standard InChI is InChI=1S/C27H22N2O3Se/c1-32-21-9-7-20(8-10-21)18-29-25-14-12-23(16-27(25)31)33-22-11-13-24(26(30)15-22)28-17-19-5-3-2-4-6-19/h2-18,30-31H,1H3. The summed E-state index contributed by atoms with van der Waals surface area (Å²) in [5, 5.41) is 20.8. The zero-order valence-electron chi connectivity index (χ0n) is 17.9. The van der Waals surface area contributed by atoms with Gasteiger partial charge in [-0.2, -0.15) is 0 Å². The fourth-order valence-electron chi connectivity index (χ4n) is 3.01. The van der Waals surface area contributed by atoms with E-state index in [0.29, 0.717) is 11.4 Å². The molecule has 4 aromatic carbocycles. The summed E-state index contributed by atoms with van der Waals surface area (Å²) in [6.07, 6.45) is 3.43. The predicted molar refractivity (Wildman–Crippen MR) is 135 cm³/mol. The van der Waals surface area contributed by atoms with Crippen molar-refractivity contribution in [2.45, 2.75) is 0 Å². The Balaban J connectivity index is 1.43. The van der Waals surface area contributed by atoms with E-state index in [0.717, 1.165) is 25.8 Å². The third-order valence-corrected chi connectivity index (χ3v) is 6.80. The van der Waals surface area contributed by atoms with E-state index in [1.165, 1.54) is 0 Å². The van der Waals surface area contributed by atoms with E-state index in [1.54, 1.807) is 43.8 Å². The number of rotatable bonds is 7. The summed E-state index contributed by atoms with van der Waals surface area (Å²) in [6, 6.07) is 28.2. The summed E-state index contributed by atoms with van der Waals surface area (Å²) >= 11 is -0.0884. The van der Waals surface area contributed by atoms with Crippen molar-refractivity contribution in [1.82, 2.24) is 0 Å². The third kappa shape index (κ3) is 6.10. The van der Waals surface area contributed by atoms with E-state index in [2.05, 4.69) is 9.98 Å². The minimum absolute atomic E-state index is 0.0884. The molecule has 0 aliphatic carbocycles. The van der Waals surface area contributed by atoms with Gasteiger partial charge in [0.2, 0.25) is 0 Å². The summed E-state index contributed by atoms with van der Waals surface area (Å²) in [5.74, 6) is 1.03. The van der Waals surface area contributed by atoms with Crippen molar-refractivity contribution in [3.8, 4) is 17.2 Å². The quantitative estimate of drug-likeness (QED) is 0.294. The van der Waals surface area contributed by atoms with Crippen LogP contribution in [0.2, 0.25) is 0 Å². The molecule has 164 valence electrons. The molecule has 0 spiro atoms. The summed E-state index contributed by atoms with van der Waals surface area (Å²) in [4.78, 5) is 8.76. The SMILES string of the molecule is COc1ccc(C=Nc2ccc([Se]c3ccc(N=Cc4ccccc4)c(O)c3)cc2O)cc1. The van der Waals surface area contributed by atoms with E-state index in [4.69, 9.17) is 4.74 Å². The number of phenols is 2. The van der Waals surface area contributed by atoms with Crippen LogP contribution in [-0.4, -0.2) is 44.7 Å². The molecule has 5 nitrogen and oxygen atoms in total. The Morgan fingerprint density at radius 3 is 1.67 bits per heavy atom. The average Bonchev–Trinajstić information content (AvgIpc) is 2.84. The number of methoxy groups -OCH3 is 1. The summed E-state index contributed by atoms with van der Waals surface area (Å²) in [7, 11) is 1.62. The second-order valence-electron chi connectivity index (χ2n) is 7.10. The van der Waals surface area contributed by atoms with Crippen LogP contribution in [0.4, 0.5) is 11.4 Å². The van der Waals surface area contributed by atoms with E-state index >= 15 is 0 Å². The molecule has 0 fully saturated rings. The first-order valence-electron chi connectivity index (χ1n) is 10.2. The van der Waals surface area contributed by atoms with Crippen molar-refractivity contribution < 1.29 is 14.9 Å². The maximum absolute atomic E-state index is 10.4. The number of aliphatic imine (C=N–C) groups is 2. The molecule has 0 heterocycles. The molecular formula is C27H22N2O3Se. The number of benzene rings is 4. The van der Waals surface area contributed by atoms with Crippen LogP contribution in [0.25, 0.3) is 0 Å². The first kappa shape index (κ1) is 22.3. The van der Waals surface area contributed by atoms with Gasteiger partial charge >= 0.3 is 199 Å². The molecule has 0 aliphatic heterocycles. The number of phenolic OH excluding ortho intramolecular Hbond substituents is 2. The molecule has 0 unspecified atom stereocenters. The molecule has 4 aromatic rings. The van der Waals surface area contributed by atoms with Gasteiger partial charge in [0.05, 0.1) is 0 Å². The molecule has 0 bridgehead atoms. The van der Waals surface area contributed by atoms with E-state index in [1.807, 2.05) is 66.7 Å². The molecular weight excluding hydrogens is 479 g/mol. The molecule has 0 saturated carbocycles. The zero-order chi connectivity index (χ0) is 23.0. The normalized spacial score (nSPS) is 11.3. The monoisotopic (exact) mass is 502 g/mol. The number of ether oxygens (including phenoxy) is 1. The van der Waals surface area contributed by atoms with Crippen molar-refractivity contribution in [2.75, 3.05) is 7.11 Å². The first-order valence-corrected chi connectivity index (χ1v) is 11.9. The summed E-state index contributed by atoms with van der Waals surface area (Å²) < 4.78 is 7.11. The van der Waals surface area contributed by atoms with Gasteiger partial charge in [-0.1, -0.05) is 0 Å². The van der Waals surface area contributed by atoms with Crippen LogP contribution >= 0.6 is 0 Å². The second kappa shape index (κ2) is 10.6. The van der Waals surface area contributed by atoms with Crippen molar-refractivity contribution >= 4 is 47.7 Å². The van der Waals surface area contributed by atoms with Crippen molar-refractivity contribution in [1.29, 1.82) is 0 Å². The summed E-state index contributed by atoms with van der Waals surface area (Å²) in [6.45, 7) is 0. The first-order chi connectivity index (χ1) is 16.1. The Kier molecular flexibility index (Phi) is 7.20. The van der Waals surface area contributed by atoms with Crippen LogP contribution in [0.5, 0.6) is 17.2 Å². The van der Waals surface area contributed by atoms with E-state index in [-0.39, 0.29) is 26.5 Å². The van der Waals surface area contributed by atoms with Crippen LogP contribution in [0.3, 0.4) is 0 Å². The topological polar surface area (TPSA) is 74.4 Å². The third-order valence-electron chi connectivity index (χ3n) is 4.75. The van der Waals surface area contributed by atoms with Gasteiger partial charge in [-0.25, -0.2) is 0 Å². The van der Waals surface area contributed by atoms with Crippen LogP contribution in [0, 0.1) is 0 Å². The number of aromatic hydroxyl groups is 2. The molecule has 0 aromatic heterocycles. The molecule has 0 amide bonds. The zero-order valence-corrected chi connectivity index (χ0v) is 19.6. The Hall–Kier alpha value is -3.86. The number of hydrogen-bond acceptors (Lipinski definition) is 5. The fourth-order valence-corrected chi connectivity index (χ4v) is 4.86. The second-order valence-corrected chi connectivity index (χ2v) is 9.51. The van der Waals surface area contributed by atoms with Crippen LogP contribution in [0.1, 0.15) is 11.1 Å². The molecule has 0 atom stereocenters. The Labute approximate surface area is 198 Å². The Morgan fingerprint density at radius 2 is 1.18 bits per heavy atom. The van der Waals surface area contributed by atoms with Crippen LogP contribution in [0.15, 0.2) is 101 Å². The van der Waals surface area contributed by atoms with Gasteiger partial charge in [0.15, 0.2) is 0 Å². The van der Waals surface area contributed by atoms with Crippen molar-refractivity contribution in [3.05, 3.63) is 102 Å². The van der Waals surface area contributed by atoms with Gasteiger partial charge in [0.1, 0.15) is 0 Å². The summed E-state index contributed by atoms with van der Waals surface area (Å²) in [5.41, 5.74) is 2.90. The van der Waals surface area contributed by atoms with Crippen LogP contribution in [-0.2, 0) is 0 Å². The van der Waals surface area contributed by atoms with Crippen molar-refractivity contribution in [3.63, 3.8) is 0 Å². The van der Waals surface area contributed by atoms with Gasteiger partial charge in [-0.15, -0.1) is 0 Å². The van der Waals surface area contributed by atoms with E-state index < -0.39 is 0 Å². The molecule has 0 aliphatic rings. The number of hydrogen-bond donors (Lipinski definition) is 2. The van der Waals surface area contributed by atoms with Crippen molar-refractivity contribution in [2.24, 2.45) is 9.98 Å². The molecule has 6 heteroatoms. The Bertz CT molecular complexity index is 1290. The molecule has 2 N–H and O–H groups in total. The van der Waals surface area contributed by atoms with Gasteiger partial charge in [-0.05, 0) is 0 Å². The van der Waals surface area contributed by atoms with Crippen LogP contribution < -0.4 is 13.7 Å². The Morgan fingerprint density at radius 1 is 0.667 bits per heavy atom. The number of nitrogens with zero attached hydrogens (tertiary/aromatic N) is 2. The van der Waals surface area contributed by atoms with Gasteiger partial charge in [-0.3, -0.25) is 0 Å². The predicted octanol–water partition coefficient (Wildman–Crippen LogP) is 4.26. The van der Waals surface area contributed by atoms with Gasteiger partial charge < -0.3 is 0 Å². The molecule has 0 saturated heterocycles. The molecule has 33 heavy (non-hydrogen) atoms. The molecule has 0 radical (unpaired) electrons.